The van der Waals surface area contributed by atoms with Gasteiger partial charge in [0, 0.05) is 26.5 Å². The number of methoxy groups -OCH3 is 2. The fraction of sp³-hybridized carbons (Fsp3) is 0.500. The number of hydrogen-bond donors (Lipinski definition) is 1. The highest BCUT2D eigenvalue weighted by atomic mass is 16.7. The lowest BCUT2D eigenvalue weighted by Gasteiger charge is -2.49. The summed E-state index contributed by atoms with van der Waals surface area (Å²) in [5.74, 6) is -0.443. The zero-order valence-electron chi connectivity index (χ0n) is 9.77. The number of rotatable bonds is 4. The van der Waals surface area contributed by atoms with E-state index in [0.29, 0.717) is 6.54 Å². The van der Waals surface area contributed by atoms with Crippen LogP contribution in [0.2, 0.25) is 0 Å². The third-order valence-electron chi connectivity index (χ3n) is 3.16. The molecule has 0 spiro atoms. The Balaban J connectivity index is 2.11. The Morgan fingerprint density at radius 2 is 1.88 bits per heavy atom. The summed E-state index contributed by atoms with van der Waals surface area (Å²) < 4.78 is 10.7. The standard InChI is InChI=1S/C12H18N2O2/c1-15-12(16-2)8-14(9-12)11-6-4-3-5-10(11)7-13/h3-6H,7-9,13H2,1-2H3. The topological polar surface area (TPSA) is 47.7 Å². The molecule has 0 unspecified atom stereocenters. The Morgan fingerprint density at radius 1 is 1.25 bits per heavy atom. The number of anilines is 1. The zero-order valence-corrected chi connectivity index (χ0v) is 9.77. The lowest BCUT2D eigenvalue weighted by Crippen LogP contribution is -2.64. The van der Waals surface area contributed by atoms with Crippen LogP contribution in [-0.2, 0) is 16.0 Å². The molecule has 2 rings (SSSR count). The van der Waals surface area contributed by atoms with Crippen molar-refractivity contribution >= 4 is 5.69 Å². The van der Waals surface area contributed by atoms with Gasteiger partial charge in [0.05, 0.1) is 13.1 Å². The number of para-hydroxylation sites is 1. The van der Waals surface area contributed by atoms with Crippen molar-refractivity contribution < 1.29 is 9.47 Å². The van der Waals surface area contributed by atoms with Crippen LogP contribution in [0.1, 0.15) is 5.56 Å². The molecule has 4 nitrogen and oxygen atoms in total. The van der Waals surface area contributed by atoms with Crippen LogP contribution < -0.4 is 10.6 Å². The molecule has 2 N–H and O–H groups in total. The van der Waals surface area contributed by atoms with Gasteiger partial charge >= 0.3 is 0 Å². The molecule has 0 atom stereocenters. The van der Waals surface area contributed by atoms with Gasteiger partial charge in [-0.25, -0.2) is 0 Å². The number of hydrogen-bond acceptors (Lipinski definition) is 4. The summed E-state index contributed by atoms with van der Waals surface area (Å²) in [6.07, 6.45) is 0. The van der Waals surface area contributed by atoms with E-state index in [1.807, 2.05) is 12.1 Å². The molecule has 1 fully saturated rings. The first-order valence-electron chi connectivity index (χ1n) is 5.38. The molecule has 0 aromatic heterocycles. The predicted molar refractivity (Wildman–Crippen MR) is 63.3 cm³/mol. The minimum atomic E-state index is -0.443. The van der Waals surface area contributed by atoms with E-state index in [1.165, 1.54) is 5.69 Å². The molecule has 1 aromatic carbocycles. The molecular weight excluding hydrogens is 204 g/mol. The summed E-state index contributed by atoms with van der Waals surface area (Å²) in [4.78, 5) is 2.22. The summed E-state index contributed by atoms with van der Waals surface area (Å²) in [5, 5.41) is 0. The van der Waals surface area contributed by atoms with Gasteiger partial charge < -0.3 is 20.1 Å². The maximum absolute atomic E-state index is 5.71. The fourth-order valence-corrected chi connectivity index (χ4v) is 2.04. The smallest absolute Gasteiger partial charge is 0.203 e. The Hall–Kier alpha value is -1.10. The normalized spacial score (nSPS) is 18.3. The van der Waals surface area contributed by atoms with E-state index >= 15 is 0 Å². The lowest BCUT2D eigenvalue weighted by molar-refractivity contribution is -0.219. The third kappa shape index (κ3) is 1.80. The molecule has 1 aliphatic rings. The van der Waals surface area contributed by atoms with Crippen molar-refractivity contribution in [1.82, 2.24) is 0 Å². The van der Waals surface area contributed by atoms with Crippen molar-refractivity contribution in [2.75, 3.05) is 32.2 Å². The minimum Gasteiger partial charge on any atom is -0.360 e. The van der Waals surface area contributed by atoms with E-state index in [0.717, 1.165) is 18.7 Å². The number of ether oxygens (including phenoxy) is 2. The Labute approximate surface area is 95.9 Å². The summed E-state index contributed by atoms with van der Waals surface area (Å²) in [6, 6.07) is 8.16. The van der Waals surface area contributed by atoms with Crippen molar-refractivity contribution in [1.29, 1.82) is 0 Å². The fourth-order valence-electron chi connectivity index (χ4n) is 2.04. The average Bonchev–Trinajstić information content (AvgIpc) is 2.29. The van der Waals surface area contributed by atoms with Crippen LogP contribution >= 0.6 is 0 Å². The van der Waals surface area contributed by atoms with Gasteiger partial charge in [-0.2, -0.15) is 0 Å². The molecule has 16 heavy (non-hydrogen) atoms. The summed E-state index contributed by atoms with van der Waals surface area (Å²) in [6.45, 7) is 2.05. The largest absolute Gasteiger partial charge is 0.360 e. The minimum absolute atomic E-state index is 0.443. The lowest BCUT2D eigenvalue weighted by atomic mass is 10.0. The van der Waals surface area contributed by atoms with Crippen molar-refractivity contribution in [2.45, 2.75) is 12.3 Å². The highest BCUT2D eigenvalue weighted by Gasteiger charge is 2.44. The average molecular weight is 222 g/mol. The first kappa shape index (κ1) is 11.4. The van der Waals surface area contributed by atoms with Crippen LogP contribution in [0.5, 0.6) is 0 Å². The van der Waals surface area contributed by atoms with Gasteiger partial charge in [0.15, 0.2) is 0 Å². The van der Waals surface area contributed by atoms with Gasteiger partial charge in [-0.3, -0.25) is 0 Å². The van der Waals surface area contributed by atoms with Gasteiger partial charge in [0.25, 0.3) is 0 Å². The molecule has 0 aliphatic carbocycles. The van der Waals surface area contributed by atoms with Crippen LogP contribution in [0.25, 0.3) is 0 Å². The SMILES string of the molecule is COC1(OC)CN(c2ccccc2CN)C1. The Bertz CT molecular complexity index is 356. The molecule has 1 aliphatic heterocycles. The quantitative estimate of drug-likeness (QED) is 0.771. The molecule has 0 saturated carbocycles. The van der Waals surface area contributed by atoms with Crippen LogP contribution in [0, 0.1) is 0 Å². The van der Waals surface area contributed by atoms with Gasteiger partial charge in [-0.05, 0) is 11.6 Å². The van der Waals surface area contributed by atoms with E-state index in [1.54, 1.807) is 14.2 Å². The molecule has 88 valence electrons. The predicted octanol–water partition coefficient (Wildman–Crippen LogP) is 0.954. The van der Waals surface area contributed by atoms with Gasteiger partial charge in [0.2, 0.25) is 5.79 Å². The van der Waals surface area contributed by atoms with Crippen LogP contribution in [-0.4, -0.2) is 33.1 Å². The third-order valence-corrected chi connectivity index (χ3v) is 3.16. The van der Waals surface area contributed by atoms with Gasteiger partial charge in [-0.1, -0.05) is 18.2 Å². The van der Waals surface area contributed by atoms with Gasteiger partial charge in [0.1, 0.15) is 0 Å². The molecular formula is C12H18N2O2. The molecule has 1 heterocycles. The molecule has 4 heteroatoms. The summed E-state index contributed by atoms with van der Waals surface area (Å²) in [5.41, 5.74) is 8.04. The number of nitrogens with zero attached hydrogens (tertiary/aromatic N) is 1. The molecule has 1 aromatic rings. The molecule has 0 radical (unpaired) electrons. The Kier molecular flexibility index (Phi) is 3.14. The van der Waals surface area contributed by atoms with Crippen LogP contribution in [0.15, 0.2) is 24.3 Å². The maximum Gasteiger partial charge on any atom is 0.203 e. The highest BCUT2D eigenvalue weighted by molar-refractivity contribution is 5.56. The van der Waals surface area contributed by atoms with Crippen molar-refractivity contribution in [3.8, 4) is 0 Å². The second kappa shape index (κ2) is 4.41. The van der Waals surface area contributed by atoms with Gasteiger partial charge in [-0.15, -0.1) is 0 Å². The number of nitrogens with two attached hydrogens (primary N) is 1. The molecule has 0 bridgehead atoms. The van der Waals surface area contributed by atoms with E-state index in [4.69, 9.17) is 15.2 Å². The van der Waals surface area contributed by atoms with Crippen LogP contribution in [0.4, 0.5) is 5.69 Å². The van der Waals surface area contributed by atoms with E-state index in [9.17, 15) is 0 Å². The monoisotopic (exact) mass is 222 g/mol. The van der Waals surface area contributed by atoms with Crippen LogP contribution in [0.3, 0.4) is 0 Å². The second-order valence-corrected chi connectivity index (χ2v) is 4.01. The first-order valence-corrected chi connectivity index (χ1v) is 5.38. The van der Waals surface area contributed by atoms with Crippen molar-refractivity contribution in [2.24, 2.45) is 5.73 Å². The molecule has 1 saturated heterocycles. The van der Waals surface area contributed by atoms with E-state index in [-0.39, 0.29) is 0 Å². The van der Waals surface area contributed by atoms with E-state index < -0.39 is 5.79 Å². The highest BCUT2D eigenvalue weighted by Crippen LogP contribution is 2.32. The molecule has 0 amide bonds. The van der Waals surface area contributed by atoms with Crippen molar-refractivity contribution in [3.63, 3.8) is 0 Å². The van der Waals surface area contributed by atoms with Crippen molar-refractivity contribution in [3.05, 3.63) is 29.8 Å². The second-order valence-electron chi connectivity index (χ2n) is 4.01. The summed E-state index contributed by atoms with van der Waals surface area (Å²) >= 11 is 0. The van der Waals surface area contributed by atoms with E-state index in [2.05, 4.69) is 17.0 Å². The Morgan fingerprint density at radius 3 is 2.44 bits per heavy atom. The maximum atomic E-state index is 5.71. The number of benzene rings is 1. The zero-order chi connectivity index (χ0) is 11.6. The summed E-state index contributed by atoms with van der Waals surface area (Å²) in [7, 11) is 3.35. The first-order chi connectivity index (χ1) is 7.74.